The summed E-state index contributed by atoms with van der Waals surface area (Å²) in [5.41, 5.74) is 2.47. The van der Waals surface area contributed by atoms with Crippen LogP contribution in [0.1, 0.15) is 12.0 Å². The summed E-state index contributed by atoms with van der Waals surface area (Å²) in [5, 5.41) is 2.85. The van der Waals surface area contributed by atoms with Gasteiger partial charge in [-0.3, -0.25) is 4.90 Å². The maximum atomic E-state index is 12.8. The minimum absolute atomic E-state index is 0.00306. The highest BCUT2D eigenvalue weighted by Crippen LogP contribution is 2.26. The zero-order valence-electron chi connectivity index (χ0n) is 13.5. The van der Waals surface area contributed by atoms with Crippen molar-refractivity contribution in [1.82, 2.24) is 0 Å². The van der Waals surface area contributed by atoms with Crippen molar-refractivity contribution in [3.63, 3.8) is 0 Å². The minimum atomic E-state index is -3.08. The summed E-state index contributed by atoms with van der Waals surface area (Å²) in [5.74, 6) is 0.127. The Kier molecular flexibility index (Phi) is 4.57. The average Bonchev–Trinajstić information content (AvgIpc) is 2.90. The number of para-hydroxylation sites is 1. The van der Waals surface area contributed by atoms with Crippen molar-refractivity contribution < 1.29 is 13.2 Å². The maximum Gasteiger partial charge on any atom is 0.326 e. The molecule has 2 amide bonds. The summed E-state index contributed by atoms with van der Waals surface area (Å²) in [6.07, 6.45) is 0.457. The summed E-state index contributed by atoms with van der Waals surface area (Å²) in [6, 6.07) is 16.0. The van der Waals surface area contributed by atoms with Gasteiger partial charge in [-0.05, 0) is 37.6 Å². The molecule has 1 N–H and O–H groups in total. The fourth-order valence-electron chi connectivity index (χ4n) is 2.88. The molecule has 0 radical (unpaired) electrons. The smallest absolute Gasteiger partial charge is 0.308 e. The Morgan fingerprint density at radius 1 is 1.08 bits per heavy atom. The number of aryl methyl sites for hydroxylation is 1. The number of sulfone groups is 1. The van der Waals surface area contributed by atoms with Gasteiger partial charge in [-0.15, -0.1) is 0 Å². The summed E-state index contributed by atoms with van der Waals surface area (Å²) in [4.78, 5) is 14.4. The van der Waals surface area contributed by atoms with E-state index in [1.165, 1.54) is 0 Å². The van der Waals surface area contributed by atoms with E-state index in [-0.39, 0.29) is 23.6 Å². The molecule has 0 spiro atoms. The highest BCUT2D eigenvalue weighted by Gasteiger charge is 2.35. The number of carbonyl (C=O) groups is 1. The van der Waals surface area contributed by atoms with Gasteiger partial charge in [-0.2, -0.15) is 0 Å². The minimum Gasteiger partial charge on any atom is -0.308 e. The van der Waals surface area contributed by atoms with Crippen LogP contribution in [0.15, 0.2) is 54.6 Å². The summed E-state index contributed by atoms with van der Waals surface area (Å²) in [7, 11) is -3.08. The van der Waals surface area contributed by atoms with Crippen LogP contribution in [-0.2, 0) is 9.84 Å². The first-order valence-corrected chi connectivity index (χ1v) is 9.69. The Bertz CT molecular complexity index is 817. The van der Waals surface area contributed by atoms with Gasteiger partial charge in [0.1, 0.15) is 0 Å². The summed E-state index contributed by atoms with van der Waals surface area (Å²) < 4.78 is 23.7. The molecule has 1 atom stereocenters. The van der Waals surface area contributed by atoms with E-state index < -0.39 is 9.84 Å². The van der Waals surface area contributed by atoms with Gasteiger partial charge in [-0.25, -0.2) is 13.2 Å². The Labute approximate surface area is 142 Å². The lowest BCUT2D eigenvalue weighted by Crippen LogP contribution is -2.44. The number of benzene rings is 2. The Hall–Kier alpha value is -2.34. The molecule has 0 bridgehead atoms. The SMILES string of the molecule is Cc1ccc(N(C(=O)Nc2ccccc2)[C@H]2CCS(=O)(=O)C2)cc1. The monoisotopic (exact) mass is 344 g/mol. The molecule has 1 heterocycles. The van der Waals surface area contributed by atoms with Crippen LogP contribution < -0.4 is 10.2 Å². The zero-order valence-corrected chi connectivity index (χ0v) is 14.3. The van der Waals surface area contributed by atoms with Gasteiger partial charge in [0.2, 0.25) is 0 Å². The summed E-state index contributed by atoms with van der Waals surface area (Å²) in [6.45, 7) is 1.97. The number of rotatable bonds is 3. The predicted octanol–water partition coefficient (Wildman–Crippen LogP) is 3.22. The number of anilines is 2. The molecule has 5 nitrogen and oxygen atoms in total. The molecule has 0 saturated carbocycles. The zero-order chi connectivity index (χ0) is 17.2. The molecule has 1 aliphatic heterocycles. The lowest BCUT2D eigenvalue weighted by molar-refractivity contribution is 0.255. The topological polar surface area (TPSA) is 66.5 Å². The van der Waals surface area contributed by atoms with Crippen molar-refractivity contribution in [3.05, 3.63) is 60.2 Å². The molecule has 24 heavy (non-hydrogen) atoms. The van der Waals surface area contributed by atoms with Crippen molar-refractivity contribution in [2.24, 2.45) is 0 Å². The Morgan fingerprint density at radius 3 is 2.33 bits per heavy atom. The average molecular weight is 344 g/mol. The Morgan fingerprint density at radius 2 is 1.75 bits per heavy atom. The first kappa shape index (κ1) is 16.5. The van der Waals surface area contributed by atoms with Crippen LogP contribution in [0.25, 0.3) is 0 Å². The van der Waals surface area contributed by atoms with E-state index in [1.54, 1.807) is 17.0 Å². The van der Waals surface area contributed by atoms with Gasteiger partial charge >= 0.3 is 6.03 Å². The second kappa shape index (κ2) is 6.65. The molecular formula is C18H20N2O3S. The largest absolute Gasteiger partial charge is 0.326 e. The quantitative estimate of drug-likeness (QED) is 0.930. The number of carbonyl (C=O) groups excluding carboxylic acids is 1. The number of nitrogens with one attached hydrogen (secondary N) is 1. The number of nitrogens with zero attached hydrogens (tertiary/aromatic N) is 1. The normalized spacial score (nSPS) is 19.0. The van der Waals surface area contributed by atoms with E-state index in [9.17, 15) is 13.2 Å². The molecular weight excluding hydrogens is 324 g/mol. The number of hydrogen-bond donors (Lipinski definition) is 1. The van der Waals surface area contributed by atoms with Crippen LogP contribution >= 0.6 is 0 Å². The van der Waals surface area contributed by atoms with Crippen LogP contribution in [0.4, 0.5) is 16.2 Å². The number of amides is 2. The molecule has 0 aromatic heterocycles. The lowest BCUT2D eigenvalue weighted by Gasteiger charge is -2.28. The van der Waals surface area contributed by atoms with Gasteiger partial charge in [0.05, 0.1) is 17.5 Å². The fraction of sp³-hybridized carbons (Fsp3) is 0.278. The maximum absolute atomic E-state index is 12.8. The van der Waals surface area contributed by atoms with E-state index in [2.05, 4.69) is 5.32 Å². The molecule has 0 unspecified atom stereocenters. The number of hydrogen-bond acceptors (Lipinski definition) is 3. The second-order valence-corrected chi connectivity index (χ2v) is 8.29. The molecule has 6 heteroatoms. The van der Waals surface area contributed by atoms with Gasteiger partial charge in [0.25, 0.3) is 0 Å². The van der Waals surface area contributed by atoms with Crippen LogP contribution in [0.2, 0.25) is 0 Å². The van der Waals surface area contributed by atoms with E-state index in [1.807, 2.05) is 49.4 Å². The molecule has 1 aliphatic rings. The van der Waals surface area contributed by atoms with Crippen molar-refractivity contribution in [3.8, 4) is 0 Å². The van der Waals surface area contributed by atoms with Gasteiger partial charge in [0, 0.05) is 11.4 Å². The third kappa shape index (κ3) is 3.76. The third-order valence-corrected chi connectivity index (χ3v) is 5.88. The molecule has 126 valence electrons. The van der Waals surface area contributed by atoms with Gasteiger partial charge in [-0.1, -0.05) is 35.9 Å². The van der Waals surface area contributed by atoms with Crippen LogP contribution in [-0.4, -0.2) is 32.0 Å². The van der Waals surface area contributed by atoms with Gasteiger partial charge in [0.15, 0.2) is 9.84 Å². The van der Waals surface area contributed by atoms with Crippen LogP contribution in [0.3, 0.4) is 0 Å². The van der Waals surface area contributed by atoms with Crippen molar-refractivity contribution in [2.75, 3.05) is 21.7 Å². The second-order valence-electron chi connectivity index (χ2n) is 6.06. The number of urea groups is 1. The highest BCUT2D eigenvalue weighted by molar-refractivity contribution is 7.91. The first-order valence-electron chi connectivity index (χ1n) is 7.87. The van der Waals surface area contributed by atoms with Crippen LogP contribution in [0, 0.1) is 6.92 Å². The van der Waals surface area contributed by atoms with Crippen molar-refractivity contribution >= 4 is 27.2 Å². The Balaban J connectivity index is 1.89. The lowest BCUT2D eigenvalue weighted by atomic mass is 10.1. The van der Waals surface area contributed by atoms with Crippen LogP contribution in [0.5, 0.6) is 0 Å². The molecule has 2 aromatic carbocycles. The molecule has 2 aromatic rings. The van der Waals surface area contributed by atoms with E-state index in [0.29, 0.717) is 17.8 Å². The molecule has 1 saturated heterocycles. The van der Waals surface area contributed by atoms with E-state index in [4.69, 9.17) is 0 Å². The van der Waals surface area contributed by atoms with E-state index in [0.717, 1.165) is 5.56 Å². The predicted molar refractivity (Wildman–Crippen MR) is 96.2 cm³/mol. The first-order chi connectivity index (χ1) is 11.4. The van der Waals surface area contributed by atoms with Crippen molar-refractivity contribution in [1.29, 1.82) is 0 Å². The van der Waals surface area contributed by atoms with E-state index >= 15 is 0 Å². The highest BCUT2D eigenvalue weighted by atomic mass is 32.2. The third-order valence-electron chi connectivity index (χ3n) is 4.13. The summed E-state index contributed by atoms with van der Waals surface area (Å²) >= 11 is 0. The molecule has 3 rings (SSSR count). The van der Waals surface area contributed by atoms with Gasteiger partial charge < -0.3 is 5.32 Å². The standard InChI is InChI=1S/C18H20N2O3S/c1-14-7-9-16(10-8-14)20(17-11-12-24(22,23)13-17)18(21)19-15-5-3-2-4-6-15/h2-10,17H,11-13H2,1H3,(H,19,21)/t17-/m0/s1. The fourth-order valence-corrected chi connectivity index (χ4v) is 4.58. The molecule has 0 aliphatic carbocycles. The molecule has 1 fully saturated rings. The van der Waals surface area contributed by atoms with Crippen molar-refractivity contribution in [2.45, 2.75) is 19.4 Å².